The number of benzene rings is 1. The first-order valence-corrected chi connectivity index (χ1v) is 6.95. The Labute approximate surface area is 131 Å². The molecule has 0 radical (unpaired) electrons. The van der Waals surface area contributed by atoms with Gasteiger partial charge in [0.05, 0.1) is 16.3 Å². The average molecular weight is 335 g/mol. The molecule has 0 aliphatic carbocycles. The van der Waals surface area contributed by atoms with Gasteiger partial charge in [0.25, 0.3) is 0 Å². The summed E-state index contributed by atoms with van der Waals surface area (Å²) in [5.41, 5.74) is 0.421. The van der Waals surface area contributed by atoms with Crippen LogP contribution >= 0.6 is 35.8 Å². The molecule has 0 bridgehead atoms. The number of thiol groups is 1. The smallest absolute Gasteiger partial charge is 0.325 e. The van der Waals surface area contributed by atoms with Gasteiger partial charge >= 0.3 is 5.97 Å². The molecule has 0 unspecified atom stereocenters. The quantitative estimate of drug-likeness (QED) is 0.477. The predicted octanol–water partition coefficient (Wildman–Crippen LogP) is 2.56. The van der Waals surface area contributed by atoms with E-state index in [4.69, 9.17) is 28.3 Å². The van der Waals surface area contributed by atoms with Gasteiger partial charge in [0, 0.05) is 12.0 Å². The van der Waals surface area contributed by atoms with E-state index in [-0.39, 0.29) is 6.42 Å². The number of hydrazone groups is 1. The molecule has 20 heavy (non-hydrogen) atoms. The Balaban J connectivity index is 2.96. The Hall–Kier alpha value is -1.24. The molecular formula is C12H12Cl2N2O3S. The first-order chi connectivity index (χ1) is 9.45. The van der Waals surface area contributed by atoms with Crippen LogP contribution in [-0.4, -0.2) is 40.5 Å². The summed E-state index contributed by atoms with van der Waals surface area (Å²) in [4.78, 5) is 22.4. The molecule has 108 valence electrons. The van der Waals surface area contributed by atoms with E-state index in [9.17, 15) is 9.59 Å². The normalized spacial score (nSPS) is 10.8. The van der Waals surface area contributed by atoms with Crippen molar-refractivity contribution in [3.63, 3.8) is 0 Å². The fourth-order valence-electron chi connectivity index (χ4n) is 1.31. The largest absolute Gasteiger partial charge is 0.480 e. The molecular weight excluding hydrogens is 323 g/mol. The second-order valence-electron chi connectivity index (χ2n) is 3.70. The van der Waals surface area contributed by atoms with Crippen LogP contribution in [-0.2, 0) is 9.59 Å². The average Bonchev–Trinajstić information content (AvgIpc) is 2.36. The molecule has 1 rings (SSSR count). The minimum absolute atomic E-state index is 0.0873. The monoisotopic (exact) mass is 334 g/mol. The minimum Gasteiger partial charge on any atom is -0.480 e. The first kappa shape index (κ1) is 16.8. The zero-order valence-corrected chi connectivity index (χ0v) is 12.7. The van der Waals surface area contributed by atoms with Gasteiger partial charge in [-0.25, -0.2) is 5.01 Å². The van der Waals surface area contributed by atoms with Crippen LogP contribution in [0.3, 0.4) is 0 Å². The highest BCUT2D eigenvalue weighted by molar-refractivity contribution is 7.80. The molecule has 0 aliphatic rings. The fourth-order valence-corrected chi connectivity index (χ4v) is 1.99. The Morgan fingerprint density at radius 2 is 1.95 bits per heavy atom. The number of rotatable bonds is 6. The van der Waals surface area contributed by atoms with Crippen molar-refractivity contribution in [2.45, 2.75) is 6.42 Å². The SMILES string of the molecule is O=C(O)CN(N=Cc1c(Cl)cccc1Cl)C(=O)CCS. The first-order valence-electron chi connectivity index (χ1n) is 5.56. The van der Waals surface area contributed by atoms with Gasteiger partial charge in [-0.05, 0) is 17.9 Å². The molecule has 1 aromatic rings. The Bertz CT molecular complexity index is 517. The van der Waals surface area contributed by atoms with Crippen molar-refractivity contribution in [2.75, 3.05) is 12.3 Å². The lowest BCUT2D eigenvalue weighted by Gasteiger charge is -2.14. The maximum atomic E-state index is 11.7. The van der Waals surface area contributed by atoms with Gasteiger partial charge in [-0.3, -0.25) is 9.59 Å². The summed E-state index contributed by atoms with van der Waals surface area (Å²) in [5.74, 6) is -1.31. The summed E-state index contributed by atoms with van der Waals surface area (Å²) < 4.78 is 0. The van der Waals surface area contributed by atoms with Gasteiger partial charge in [0.15, 0.2) is 0 Å². The van der Waals surface area contributed by atoms with Crippen LogP contribution < -0.4 is 0 Å². The maximum Gasteiger partial charge on any atom is 0.325 e. The second-order valence-corrected chi connectivity index (χ2v) is 4.96. The van der Waals surface area contributed by atoms with Crippen molar-refractivity contribution in [3.05, 3.63) is 33.8 Å². The van der Waals surface area contributed by atoms with E-state index >= 15 is 0 Å². The lowest BCUT2D eigenvalue weighted by molar-refractivity contribution is -0.144. The molecule has 0 atom stereocenters. The summed E-state index contributed by atoms with van der Waals surface area (Å²) in [6.45, 7) is -0.537. The third-order valence-corrected chi connectivity index (χ3v) is 3.11. The number of carbonyl (C=O) groups is 2. The molecule has 0 saturated heterocycles. The maximum absolute atomic E-state index is 11.7. The highest BCUT2D eigenvalue weighted by atomic mass is 35.5. The van der Waals surface area contributed by atoms with E-state index in [1.807, 2.05) is 0 Å². The summed E-state index contributed by atoms with van der Waals surface area (Å²) >= 11 is 15.8. The van der Waals surface area contributed by atoms with E-state index in [0.29, 0.717) is 21.4 Å². The van der Waals surface area contributed by atoms with Crippen molar-refractivity contribution < 1.29 is 14.7 Å². The summed E-state index contributed by atoms with van der Waals surface area (Å²) in [5, 5.41) is 14.2. The van der Waals surface area contributed by atoms with E-state index < -0.39 is 18.4 Å². The Kier molecular flexibility index (Phi) is 6.84. The Morgan fingerprint density at radius 3 is 2.45 bits per heavy atom. The second kappa shape index (κ2) is 8.14. The Morgan fingerprint density at radius 1 is 1.35 bits per heavy atom. The number of nitrogens with zero attached hydrogens (tertiary/aromatic N) is 2. The van der Waals surface area contributed by atoms with Crippen molar-refractivity contribution >= 4 is 53.9 Å². The number of carbonyl (C=O) groups excluding carboxylic acids is 1. The molecule has 8 heteroatoms. The molecule has 0 heterocycles. The topological polar surface area (TPSA) is 70.0 Å². The van der Waals surface area contributed by atoms with E-state index in [2.05, 4.69) is 17.7 Å². The van der Waals surface area contributed by atoms with Crippen LogP contribution in [0.1, 0.15) is 12.0 Å². The van der Waals surface area contributed by atoms with Crippen LogP contribution in [0.25, 0.3) is 0 Å². The molecule has 1 N–H and O–H groups in total. The molecule has 0 saturated carbocycles. The molecule has 1 aromatic carbocycles. The van der Waals surface area contributed by atoms with Crippen molar-refractivity contribution in [1.29, 1.82) is 0 Å². The standard InChI is InChI=1S/C12H12Cl2N2O3S/c13-9-2-1-3-10(14)8(9)6-15-16(7-12(18)19)11(17)4-5-20/h1-3,6,20H,4-5,7H2,(H,18,19). The molecule has 0 aliphatic heterocycles. The van der Waals surface area contributed by atoms with Gasteiger partial charge in [-0.1, -0.05) is 29.3 Å². The summed E-state index contributed by atoms with van der Waals surface area (Å²) in [6, 6.07) is 4.90. The van der Waals surface area contributed by atoms with E-state index in [1.165, 1.54) is 6.21 Å². The zero-order valence-electron chi connectivity index (χ0n) is 10.3. The molecule has 0 spiro atoms. The number of carboxylic acid groups (broad SMARTS) is 1. The van der Waals surface area contributed by atoms with Crippen molar-refractivity contribution in [2.24, 2.45) is 5.10 Å². The third-order valence-electron chi connectivity index (χ3n) is 2.22. The van der Waals surface area contributed by atoms with Gasteiger partial charge < -0.3 is 5.11 Å². The number of halogens is 2. The lowest BCUT2D eigenvalue weighted by atomic mass is 10.2. The number of carboxylic acids is 1. The minimum atomic E-state index is -1.17. The summed E-state index contributed by atoms with van der Waals surface area (Å²) in [7, 11) is 0. The molecule has 5 nitrogen and oxygen atoms in total. The van der Waals surface area contributed by atoms with Crippen LogP contribution in [0.5, 0.6) is 0 Å². The van der Waals surface area contributed by atoms with Crippen molar-refractivity contribution in [3.8, 4) is 0 Å². The van der Waals surface area contributed by atoms with Gasteiger partial charge in [-0.2, -0.15) is 17.7 Å². The van der Waals surface area contributed by atoms with Crippen molar-refractivity contribution in [1.82, 2.24) is 5.01 Å². The van der Waals surface area contributed by atoms with Crippen LogP contribution in [0.15, 0.2) is 23.3 Å². The zero-order chi connectivity index (χ0) is 15.1. The number of aliphatic carboxylic acids is 1. The highest BCUT2D eigenvalue weighted by Crippen LogP contribution is 2.22. The molecule has 1 amide bonds. The fraction of sp³-hybridized carbons (Fsp3) is 0.250. The lowest BCUT2D eigenvalue weighted by Crippen LogP contribution is -2.31. The highest BCUT2D eigenvalue weighted by Gasteiger charge is 2.15. The number of hydrogen-bond acceptors (Lipinski definition) is 4. The summed E-state index contributed by atoms with van der Waals surface area (Å²) in [6.07, 6.45) is 1.36. The van der Waals surface area contributed by atoms with Crippen LogP contribution in [0.4, 0.5) is 0 Å². The molecule has 0 aromatic heterocycles. The van der Waals surface area contributed by atoms with Gasteiger partial charge in [0.1, 0.15) is 6.54 Å². The molecule has 0 fully saturated rings. The van der Waals surface area contributed by atoms with E-state index in [1.54, 1.807) is 18.2 Å². The number of hydrogen-bond donors (Lipinski definition) is 2. The van der Waals surface area contributed by atoms with Gasteiger partial charge in [-0.15, -0.1) is 0 Å². The van der Waals surface area contributed by atoms with E-state index in [0.717, 1.165) is 5.01 Å². The predicted molar refractivity (Wildman–Crippen MR) is 81.9 cm³/mol. The number of amides is 1. The third kappa shape index (κ3) is 5.03. The van der Waals surface area contributed by atoms with Crippen LogP contribution in [0.2, 0.25) is 10.0 Å². The van der Waals surface area contributed by atoms with Crippen LogP contribution in [0, 0.1) is 0 Å². The van der Waals surface area contributed by atoms with Gasteiger partial charge in [0.2, 0.25) is 5.91 Å².